The molecular weight excluding hydrogens is 468 g/mol. The van der Waals surface area contributed by atoms with Gasteiger partial charge in [-0.25, -0.2) is 9.97 Å². The number of nitrogens with one attached hydrogen (secondary N) is 2. The lowest BCUT2D eigenvalue weighted by atomic mass is 9.99. The Bertz CT molecular complexity index is 1520. The van der Waals surface area contributed by atoms with E-state index < -0.39 is 0 Å². The maximum Gasteiger partial charge on any atom is 0.247 e. The van der Waals surface area contributed by atoms with Gasteiger partial charge in [0.1, 0.15) is 17.0 Å². The average Bonchev–Trinajstić information content (AvgIpc) is 3.33. The number of aromatic nitrogens is 2. The van der Waals surface area contributed by atoms with Gasteiger partial charge in [0, 0.05) is 16.1 Å². The van der Waals surface area contributed by atoms with Gasteiger partial charge in [0.15, 0.2) is 0 Å². The number of amides is 1. The molecule has 0 radical (unpaired) electrons. The minimum atomic E-state index is -0.338. The fraction of sp³-hybridized carbons (Fsp3) is 0.0690. The van der Waals surface area contributed by atoms with Crippen molar-refractivity contribution in [3.05, 3.63) is 109 Å². The first kappa shape index (κ1) is 23.4. The Morgan fingerprint density at radius 1 is 0.972 bits per heavy atom. The first-order chi connectivity index (χ1) is 17.7. The van der Waals surface area contributed by atoms with Crippen LogP contribution in [0.4, 0.5) is 11.5 Å². The van der Waals surface area contributed by atoms with Crippen LogP contribution in [0.15, 0.2) is 104 Å². The molecule has 0 saturated heterocycles. The lowest BCUT2D eigenvalue weighted by molar-refractivity contribution is -0.111. The molecule has 0 fully saturated rings. The van der Waals surface area contributed by atoms with Crippen molar-refractivity contribution in [2.75, 3.05) is 17.2 Å². The quantitative estimate of drug-likeness (QED) is 0.221. The maximum absolute atomic E-state index is 11.9. The van der Waals surface area contributed by atoms with E-state index in [1.54, 1.807) is 17.7 Å². The van der Waals surface area contributed by atoms with Gasteiger partial charge >= 0.3 is 0 Å². The van der Waals surface area contributed by atoms with Crippen LogP contribution in [0.5, 0.6) is 0 Å². The van der Waals surface area contributed by atoms with Gasteiger partial charge in [-0.05, 0) is 34.9 Å². The third-order valence-electron chi connectivity index (χ3n) is 5.82. The van der Waals surface area contributed by atoms with E-state index in [0.717, 1.165) is 37.3 Å². The minimum absolute atomic E-state index is 0.0937. The first-order valence-electron chi connectivity index (χ1n) is 11.5. The SMILES string of the molecule is C=CC(=O)Nc1cccc(-c2c(-c3ccccc3)sc3ncnc(N[C@H](CO)c4ccccc4)c23)c1. The van der Waals surface area contributed by atoms with Crippen LogP contribution in [0, 0.1) is 0 Å². The van der Waals surface area contributed by atoms with Gasteiger partial charge < -0.3 is 15.7 Å². The van der Waals surface area contributed by atoms with Gasteiger partial charge in [0.05, 0.1) is 18.0 Å². The molecule has 0 saturated carbocycles. The third kappa shape index (κ3) is 4.75. The van der Waals surface area contributed by atoms with Crippen molar-refractivity contribution < 1.29 is 9.90 Å². The number of anilines is 2. The smallest absolute Gasteiger partial charge is 0.247 e. The van der Waals surface area contributed by atoms with Gasteiger partial charge in [0.25, 0.3) is 0 Å². The Labute approximate surface area is 213 Å². The predicted octanol–water partition coefficient (Wildman–Crippen LogP) is 6.30. The van der Waals surface area contributed by atoms with Crippen molar-refractivity contribution in [1.29, 1.82) is 0 Å². The number of hydrogen-bond donors (Lipinski definition) is 3. The van der Waals surface area contributed by atoms with Gasteiger partial charge in [-0.1, -0.05) is 79.4 Å². The van der Waals surface area contributed by atoms with E-state index in [0.29, 0.717) is 11.5 Å². The van der Waals surface area contributed by atoms with Gasteiger partial charge in [0.2, 0.25) is 5.91 Å². The molecule has 3 aromatic carbocycles. The highest BCUT2D eigenvalue weighted by atomic mass is 32.1. The van der Waals surface area contributed by atoms with Crippen LogP contribution < -0.4 is 10.6 Å². The zero-order chi connectivity index (χ0) is 24.9. The Hall–Kier alpha value is -4.33. The fourth-order valence-electron chi connectivity index (χ4n) is 4.14. The molecule has 1 atom stereocenters. The number of fused-ring (bicyclic) bond motifs is 1. The molecule has 0 aliphatic rings. The zero-order valence-electron chi connectivity index (χ0n) is 19.4. The van der Waals surface area contributed by atoms with Gasteiger partial charge in [-0.15, -0.1) is 11.3 Å². The summed E-state index contributed by atoms with van der Waals surface area (Å²) in [6, 6.07) is 27.3. The lowest BCUT2D eigenvalue weighted by Gasteiger charge is -2.18. The van der Waals surface area contributed by atoms with Crippen molar-refractivity contribution >= 4 is 39.0 Å². The first-order valence-corrected chi connectivity index (χ1v) is 12.3. The second kappa shape index (κ2) is 10.5. The van der Waals surface area contributed by atoms with E-state index in [4.69, 9.17) is 0 Å². The van der Waals surface area contributed by atoms with E-state index in [1.165, 1.54) is 6.08 Å². The number of carbonyl (C=O) groups excluding carboxylic acids is 1. The summed E-state index contributed by atoms with van der Waals surface area (Å²) < 4.78 is 0. The molecule has 36 heavy (non-hydrogen) atoms. The number of hydrogen-bond acceptors (Lipinski definition) is 6. The summed E-state index contributed by atoms with van der Waals surface area (Å²) in [5, 5.41) is 17.3. The van der Waals surface area contributed by atoms with Crippen molar-refractivity contribution in [2.24, 2.45) is 0 Å². The van der Waals surface area contributed by atoms with Gasteiger partial charge in [-0.3, -0.25) is 4.79 Å². The highest BCUT2D eigenvalue weighted by molar-refractivity contribution is 7.22. The summed E-state index contributed by atoms with van der Waals surface area (Å²) in [6.45, 7) is 3.45. The van der Waals surface area contributed by atoms with Crippen LogP contribution in [0.25, 0.3) is 31.8 Å². The van der Waals surface area contributed by atoms with Crippen molar-refractivity contribution in [3.63, 3.8) is 0 Å². The summed E-state index contributed by atoms with van der Waals surface area (Å²) in [7, 11) is 0. The third-order valence-corrected chi connectivity index (χ3v) is 6.97. The second-order valence-electron chi connectivity index (χ2n) is 8.14. The lowest BCUT2D eigenvalue weighted by Crippen LogP contribution is -2.15. The molecule has 5 aromatic rings. The van der Waals surface area contributed by atoms with Crippen molar-refractivity contribution in [3.8, 4) is 21.6 Å². The number of thiophene rings is 1. The molecule has 0 aliphatic carbocycles. The van der Waals surface area contributed by atoms with E-state index >= 15 is 0 Å². The Balaban J connectivity index is 1.70. The summed E-state index contributed by atoms with van der Waals surface area (Å²) in [4.78, 5) is 23.0. The minimum Gasteiger partial charge on any atom is -0.394 e. The highest BCUT2D eigenvalue weighted by Gasteiger charge is 2.22. The number of rotatable bonds is 8. The summed E-state index contributed by atoms with van der Waals surface area (Å²) >= 11 is 1.58. The average molecular weight is 493 g/mol. The molecule has 178 valence electrons. The molecule has 1 amide bonds. The molecule has 0 bridgehead atoms. The Morgan fingerprint density at radius 2 is 1.69 bits per heavy atom. The molecule has 6 nitrogen and oxygen atoms in total. The molecule has 3 N–H and O–H groups in total. The monoisotopic (exact) mass is 492 g/mol. The number of aliphatic hydroxyl groups is 1. The van der Waals surface area contributed by atoms with Crippen LogP contribution in [0.2, 0.25) is 0 Å². The molecular formula is C29H24N4O2S. The number of carbonyl (C=O) groups is 1. The number of aliphatic hydroxyl groups excluding tert-OH is 1. The Morgan fingerprint density at radius 3 is 2.42 bits per heavy atom. The van der Waals surface area contributed by atoms with E-state index in [9.17, 15) is 9.90 Å². The molecule has 0 spiro atoms. The summed E-state index contributed by atoms with van der Waals surface area (Å²) in [6.07, 6.45) is 2.79. The fourth-order valence-corrected chi connectivity index (χ4v) is 5.31. The second-order valence-corrected chi connectivity index (χ2v) is 9.14. The standard InChI is InChI=1S/C29H24N4O2S/c1-2-24(35)32-22-15-9-14-21(16-22)25-26-28(33-23(17-34)19-10-5-3-6-11-19)30-18-31-29(26)36-27(25)20-12-7-4-8-13-20/h2-16,18,23,34H,1,17H2,(H,32,35)(H,30,31,33)/t23-/m1/s1. The zero-order valence-corrected chi connectivity index (χ0v) is 20.2. The van der Waals surface area contributed by atoms with Crippen molar-refractivity contribution in [1.82, 2.24) is 9.97 Å². The van der Waals surface area contributed by atoms with E-state index in [2.05, 4.69) is 39.3 Å². The molecule has 0 aliphatic heterocycles. The maximum atomic E-state index is 11.9. The number of nitrogens with zero attached hydrogens (tertiary/aromatic N) is 2. The van der Waals surface area contributed by atoms with Crippen LogP contribution >= 0.6 is 11.3 Å². The van der Waals surface area contributed by atoms with E-state index in [1.807, 2.05) is 72.8 Å². The molecule has 2 aromatic heterocycles. The van der Waals surface area contributed by atoms with Crippen LogP contribution in [-0.2, 0) is 4.79 Å². The normalized spacial score (nSPS) is 11.7. The Kier molecular flexibility index (Phi) is 6.84. The molecule has 7 heteroatoms. The molecule has 2 heterocycles. The van der Waals surface area contributed by atoms with Crippen LogP contribution in [0.3, 0.4) is 0 Å². The van der Waals surface area contributed by atoms with E-state index in [-0.39, 0.29) is 18.6 Å². The highest BCUT2D eigenvalue weighted by Crippen LogP contribution is 2.46. The van der Waals surface area contributed by atoms with Crippen molar-refractivity contribution in [2.45, 2.75) is 6.04 Å². The van der Waals surface area contributed by atoms with Gasteiger partial charge in [-0.2, -0.15) is 0 Å². The number of benzene rings is 3. The summed E-state index contributed by atoms with van der Waals surface area (Å²) in [5.41, 5.74) is 4.56. The topological polar surface area (TPSA) is 87.1 Å². The summed E-state index contributed by atoms with van der Waals surface area (Å²) in [5.74, 6) is 0.363. The molecule has 0 unspecified atom stereocenters. The molecule has 5 rings (SSSR count). The van der Waals surface area contributed by atoms with Crippen LogP contribution in [0.1, 0.15) is 11.6 Å². The predicted molar refractivity (Wildman–Crippen MR) is 147 cm³/mol. The van der Waals surface area contributed by atoms with Crippen LogP contribution in [-0.4, -0.2) is 27.6 Å². The largest absolute Gasteiger partial charge is 0.394 e.